The molecule has 1 atom stereocenters. The van der Waals surface area contributed by atoms with Gasteiger partial charge in [-0.2, -0.15) is 4.31 Å². The van der Waals surface area contributed by atoms with Gasteiger partial charge in [-0.15, -0.1) is 12.4 Å². The SMILES string of the molecule is Cl.O=C(CC1COCCN1)N1CCN(S(=O)(=O)c2cccc([N+](=O)[O-])c2)CC1. The standard InChI is InChI=1S/C16H22N4O6S.ClH/c21-16(10-13-12-26-9-4-17-13)18-5-7-19(8-6-18)27(24,25)15-3-1-2-14(11-15)20(22)23;/h1-3,11,13,17H,4-10,12H2;1H. The first-order valence-corrected chi connectivity index (χ1v) is 10.2. The van der Waals surface area contributed by atoms with Crippen LogP contribution in [0.3, 0.4) is 0 Å². The van der Waals surface area contributed by atoms with Crippen molar-refractivity contribution in [3.63, 3.8) is 0 Å². The summed E-state index contributed by atoms with van der Waals surface area (Å²) in [5.41, 5.74) is -0.271. The van der Waals surface area contributed by atoms with Gasteiger partial charge in [0, 0.05) is 57.3 Å². The van der Waals surface area contributed by atoms with Crippen LogP contribution >= 0.6 is 12.4 Å². The Morgan fingerprint density at radius 3 is 2.61 bits per heavy atom. The van der Waals surface area contributed by atoms with E-state index in [0.29, 0.717) is 39.3 Å². The minimum Gasteiger partial charge on any atom is -0.378 e. The molecule has 1 aromatic rings. The number of nitro groups is 1. The van der Waals surface area contributed by atoms with Crippen molar-refractivity contribution in [1.82, 2.24) is 14.5 Å². The second-order valence-electron chi connectivity index (χ2n) is 6.47. The van der Waals surface area contributed by atoms with Gasteiger partial charge in [-0.3, -0.25) is 14.9 Å². The van der Waals surface area contributed by atoms with E-state index in [0.717, 1.165) is 6.07 Å². The van der Waals surface area contributed by atoms with E-state index >= 15 is 0 Å². The number of morpholine rings is 1. The molecule has 28 heavy (non-hydrogen) atoms. The van der Waals surface area contributed by atoms with E-state index in [4.69, 9.17) is 4.74 Å². The van der Waals surface area contributed by atoms with Crippen LogP contribution in [0.15, 0.2) is 29.2 Å². The molecule has 0 bridgehead atoms. The van der Waals surface area contributed by atoms with Gasteiger partial charge < -0.3 is 15.0 Å². The number of rotatable bonds is 5. The van der Waals surface area contributed by atoms with Crippen LogP contribution in [0.4, 0.5) is 5.69 Å². The smallest absolute Gasteiger partial charge is 0.270 e. The number of sulfonamides is 1. The van der Waals surface area contributed by atoms with E-state index in [2.05, 4.69) is 5.32 Å². The van der Waals surface area contributed by atoms with Gasteiger partial charge in [-0.1, -0.05) is 6.07 Å². The molecule has 2 saturated heterocycles. The number of halogens is 1. The summed E-state index contributed by atoms with van der Waals surface area (Å²) in [5.74, 6) is -0.0367. The third-order valence-corrected chi connectivity index (χ3v) is 6.57. The number of carbonyl (C=O) groups is 1. The van der Waals surface area contributed by atoms with E-state index in [9.17, 15) is 23.3 Å². The Morgan fingerprint density at radius 2 is 2.00 bits per heavy atom. The Labute approximate surface area is 169 Å². The minimum absolute atomic E-state index is 0. The molecule has 12 heteroatoms. The first kappa shape index (κ1) is 22.5. The van der Waals surface area contributed by atoms with E-state index in [-0.39, 0.29) is 48.0 Å². The molecule has 3 rings (SSSR count). The van der Waals surface area contributed by atoms with Crippen LogP contribution in [-0.2, 0) is 19.6 Å². The molecule has 1 N–H and O–H groups in total. The topological polar surface area (TPSA) is 122 Å². The Morgan fingerprint density at radius 1 is 1.29 bits per heavy atom. The molecule has 0 aromatic heterocycles. The highest BCUT2D eigenvalue weighted by molar-refractivity contribution is 7.89. The van der Waals surface area contributed by atoms with Crippen molar-refractivity contribution in [2.24, 2.45) is 0 Å². The molecule has 10 nitrogen and oxygen atoms in total. The van der Waals surface area contributed by atoms with E-state index in [1.54, 1.807) is 4.90 Å². The zero-order valence-corrected chi connectivity index (χ0v) is 16.8. The van der Waals surface area contributed by atoms with Crippen LogP contribution in [0.1, 0.15) is 6.42 Å². The average Bonchev–Trinajstić information content (AvgIpc) is 2.69. The molecule has 2 fully saturated rings. The number of non-ortho nitro benzene ring substituents is 1. The first-order valence-electron chi connectivity index (χ1n) is 8.71. The van der Waals surface area contributed by atoms with Crippen LogP contribution in [0.2, 0.25) is 0 Å². The van der Waals surface area contributed by atoms with Crippen molar-refractivity contribution in [3.05, 3.63) is 34.4 Å². The first-order chi connectivity index (χ1) is 12.9. The van der Waals surface area contributed by atoms with Gasteiger partial charge in [0.25, 0.3) is 5.69 Å². The molecule has 0 saturated carbocycles. The highest BCUT2D eigenvalue weighted by atomic mass is 35.5. The van der Waals surface area contributed by atoms with Crippen LogP contribution in [0.25, 0.3) is 0 Å². The number of nitrogens with zero attached hydrogens (tertiary/aromatic N) is 3. The molecule has 2 heterocycles. The zero-order valence-electron chi connectivity index (χ0n) is 15.2. The van der Waals surface area contributed by atoms with E-state index in [1.807, 2.05) is 0 Å². The predicted octanol–water partition coefficient (Wildman–Crippen LogP) is 0.228. The summed E-state index contributed by atoms with van der Waals surface area (Å²) >= 11 is 0. The molecule has 156 valence electrons. The Hall–Kier alpha value is -1.79. The van der Waals surface area contributed by atoms with Crippen molar-refractivity contribution in [2.75, 3.05) is 45.9 Å². The van der Waals surface area contributed by atoms with E-state index in [1.165, 1.54) is 22.5 Å². The van der Waals surface area contributed by atoms with Crippen LogP contribution < -0.4 is 5.32 Å². The predicted molar refractivity (Wildman–Crippen MR) is 103 cm³/mol. The molecule has 1 aromatic carbocycles. The summed E-state index contributed by atoms with van der Waals surface area (Å²) in [6.45, 7) is 2.75. The molecule has 0 aliphatic carbocycles. The van der Waals surface area contributed by atoms with Crippen LogP contribution in [0.5, 0.6) is 0 Å². The van der Waals surface area contributed by atoms with Crippen molar-refractivity contribution >= 4 is 34.0 Å². The zero-order chi connectivity index (χ0) is 19.4. The lowest BCUT2D eigenvalue weighted by molar-refractivity contribution is -0.385. The van der Waals surface area contributed by atoms with Gasteiger partial charge in [0.15, 0.2) is 0 Å². The second-order valence-corrected chi connectivity index (χ2v) is 8.41. The Kier molecular flexibility index (Phi) is 7.72. The molecule has 0 spiro atoms. The summed E-state index contributed by atoms with van der Waals surface area (Å²) in [6.07, 6.45) is 0.317. The molecule has 0 radical (unpaired) electrons. The lowest BCUT2D eigenvalue weighted by Gasteiger charge is -2.35. The van der Waals surface area contributed by atoms with Crippen molar-refractivity contribution in [1.29, 1.82) is 0 Å². The van der Waals surface area contributed by atoms with Gasteiger partial charge in [0.1, 0.15) is 0 Å². The summed E-state index contributed by atoms with van der Waals surface area (Å²) < 4.78 is 32.1. The number of piperazine rings is 1. The minimum atomic E-state index is -3.84. The average molecular weight is 435 g/mol. The molecule has 1 unspecified atom stereocenters. The number of benzene rings is 1. The number of hydrogen-bond donors (Lipinski definition) is 1. The second kappa shape index (κ2) is 9.61. The number of ether oxygens (including phenoxy) is 1. The number of carbonyl (C=O) groups excluding carboxylic acids is 1. The maximum absolute atomic E-state index is 12.7. The lowest BCUT2D eigenvalue weighted by atomic mass is 10.1. The van der Waals surface area contributed by atoms with Gasteiger partial charge in [0.05, 0.1) is 23.0 Å². The molecule has 2 aliphatic rings. The third-order valence-electron chi connectivity index (χ3n) is 4.68. The number of hydrogen-bond acceptors (Lipinski definition) is 7. The number of amides is 1. The summed E-state index contributed by atoms with van der Waals surface area (Å²) in [5, 5.41) is 14.1. The Balaban J connectivity index is 0.00000280. The molecule has 2 aliphatic heterocycles. The van der Waals surface area contributed by atoms with Crippen molar-refractivity contribution < 1.29 is 22.9 Å². The van der Waals surface area contributed by atoms with Crippen LogP contribution in [0, 0.1) is 10.1 Å². The highest BCUT2D eigenvalue weighted by Crippen LogP contribution is 2.22. The largest absolute Gasteiger partial charge is 0.378 e. The van der Waals surface area contributed by atoms with E-state index < -0.39 is 14.9 Å². The lowest BCUT2D eigenvalue weighted by Crippen LogP contribution is -2.52. The third kappa shape index (κ3) is 5.17. The van der Waals surface area contributed by atoms with Gasteiger partial charge in [0.2, 0.25) is 15.9 Å². The summed E-state index contributed by atoms with van der Waals surface area (Å²) in [7, 11) is -3.84. The normalized spacial score (nSPS) is 21.0. The van der Waals surface area contributed by atoms with Crippen LogP contribution in [-0.4, -0.2) is 80.4 Å². The fourth-order valence-electron chi connectivity index (χ4n) is 3.18. The highest BCUT2D eigenvalue weighted by Gasteiger charge is 2.31. The maximum atomic E-state index is 12.7. The fourth-order valence-corrected chi connectivity index (χ4v) is 4.64. The number of nitro benzene ring substituents is 1. The van der Waals surface area contributed by atoms with Gasteiger partial charge >= 0.3 is 0 Å². The summed E-state index contributed by atoms with van der Waals surface area (Å²) in [6, 6.07) is 4.98. The van der Waals surface area contributed by atoms with Gasteiger partial charge in [-0.25, -0.2) is 8.42 Å². The fraction of sp³-hybridized carbons (Fsp3) is 0.562. The number of nitrogens with one attached hydrogen (secondary N) is 1. The molecular formula is C16H23ClN4O6S. The molecular weight excluding hydrogens is 412 g/mol. The summed E-state index contributed by atoms with van der Waals surface area (Å²) in [4.78, 5) is 24.2. The van der Waals surface area contributed by atoms with Crippen molar-refractivity contribution in [3.8, 4) is 0 Å². The monoisotopic (exact) mass is 434 g/mol. The van der Waals surface area contributed by atoms with Crippen molar-refractivity contribution in [2.45, 2.75) is 17.4 Å². The van der Waals surface area contributed by atoms with Gasteiger partial charge in [-0.05, 0) is 6.07 Å². The quantitative estimate of drug-likeness (QED) is 0.519. The maximum Gasteiger partial charge on any atom is 0.270 e. The Bertz CT molecular complexity index is 807. The molecule has 1 amide bonds.